The number of nitrogens with zero attached hydrogens (tertiary/aromatic N) is 1. The molecule has 0 aliphatic carbocycles. The second-order valence-corrected chi connectivity index (χ2v) is 6.00. The lowest BCUT2D eigenvalue weighted by Crippen LogP contribution is -1.87. The standard InChI is InChI=1S/C12H11ClFNS2/c1-2-16-10-5-3-4-9(14)11(10)12-15-7-8(6-13)17-12/h3-5,7H,2,6H2,1H3. The summed E-state index contributed by atoms with van der Waals surface area (Å²) in [6, 6.07) is 5.12. The molecule has 1 aromatic carbocycles. The Kier molecular flexibility index (Phi) is 4.42. The number of thiazole rings is 1. The quantitative estimate of drug-likeness (QED) is 0.592. The van der Waals surface area contributed by atoms with E-state index < -0.39 is 0 Å². The van der Waals surface area contributed by atoms with Crippen LogP contribution < -0.4 is 0 Å². The van der Waals surface area contributed by atoms with Gasteiger partial charge in [0, 0.05) is 16.0 Å². The fourth-order valence-electron chi connectivity index (χ4n) is 1.47. The summed E-state index contributed by atoms with van der Waals surface area (Å²) in [5, 5.41) is 0.703. The molecular weight excluding hydrogens is 277 g/mol. The maximum absolute atomic E-state index is 13.9. The maximum atomic E-state index is 13.9. The van der Waals surface area contributed by atoms with Crippen molar-refractivity contribution < 1.29 is 4.39 Å². The zero-order chi connectivity index (χ0) is 12.3. The normalized spacial score (nSPS) is 10.8. The van der Waals surface area contributed by atoms with Crippen molar-refractivity contribution in [3.05, 3.63) is 35.1 Å². The van der Waals surface area contributed by atoms with E-state index in [4.69, 9.17) is 11.6 Å². The molecule has 90 valence electrons. The van der Waals surface area contributed by atoms with Crippen LogP contribution >= 0.6 is 34.7 Å². The van der Waals surface area contributed by atoms with E-state index in [2.05, 4.69) is 4.98 Å². The van der Waals surface area contributed by atoms with Crippen LogP contribution in [0.4, 0.5) is 4.39 Å². The molecule has 1 aromatic heterocycles. The molecule has 0 unspecified atom stereocenters. The molecule has 0 N–H and O–H groups in total. The first kappa shape index (κ1) is 12.9. The maximum Gasteiger partial charge on any atom is 0.134 e. The fraction of sp³-hybridized carbons (Fsp3) is 0.250. The number of rotatable bonds is 4. The lowest BCUT2D eigenvalue weighted by molar-refractivity contribution is 0.628. The minimum absolute atomic E-state index is 0.223. The third kappa shape index (κ3) is 2.81. The van der Waals surface area contributed by atoms with Gasteiger partial charge in [-0.25, -0.2) is 9.37 Å². The molecule has 2 rings (SSSR count). The Hall–Kier alpha value is -0.580. The molecule has 0 bridgehead atoms. The van der Waals surface area contributed by atoms with E-state index >= 15 is 0 Å². The van der Waals surface area contributed by atoms with Crippen LogP contribution in [0.3, 0.4) is 0 Å². The number of alkyl halides is 1. The monoisotopic (exact) mass is 287 g/mol. The van der Waals surface area contributed by atoms with Crippen molar-refractivity contribution in [3.63, 3.8) is 0 Å². The van der Waals surface area contributed by atoms with E-state index in [9.17, 15) is 4.39 Å². The van der Waals surface area contributed by atoms with Gasteiger partial charge in [-0.05, 0) is 17.9 Å². The summed E-state index contributed by atoms with van der Waals surface area (Å²) in [5.41, 5.74) is 0.598. The number of halogens is 2. The fourth-order valence-corrected chi connectivity index (χ4v) is 3.42. The summed E-state index contributed by atoms with van der Waals surface area (Å²) in [5.74, 6) is 1.10. The Balaban J connectivity index is 2.48. The second-order valence-electron chi connectivity index (χ2n) is 3.31. The molecule has 5 heteroatoms. The summed E-state index contributed by atoms with van der Waals surface area (Å²) in [4.78, 5) is 6.13. The number of aromatic nitrogens is 1. The highest BCUT2D eigenvalue weighted by Gasteiger charge is 2.14. The van der Waals surface area contributed by atoms with Crippen molar-refractivity contribution in [2.24, 2.45) is 0 Å². The first-order valence-corrected chi connectivity index (χ1v) is 7.52. The Morgan fingerprint density at radius 2 is 2.29 bits per heavy atom. The number of benzene rings is 1. The van der Waals surface area contributed by atoms with Gasteiger partial charge in [0.25, 0.3) is 0 Å². The topological polar surface area (TPSA) is 12.9 Å². The summed E-state index contributed by atoms with van der Waals surface area (Å²) < 4.78 is 13.9. The minimum Gasteiger partial charge on any atom is -0.244 e. The Morgan fingerprint density at radius 3 is 2.94 bits per heavy atom. The Bertz CT molecular complexity index is 513. The highest BCUT2D eigenvalue weighted by molar-refractivity contribution is 7.99. The number of thioether (sulfide) groups is 1. The van der Waals surface area contributed by atoms with Crippen LogP contribution in [0.2, 0.25) is 0 Å². The third-order valence-corrected chi connectivity index (χ3v) is 4.58. The molecule has 0 spiro atoms. The van der Waals surface area contributed by atoms with E-state index in [1.165, 1.54) is 17.4 Å². The van der Waals surface area contributed by atoms with Crippen LogP contribution in [0.1, 0.15) is 11.8 Å². The van der Waals surface area contributed by atoms with Gasteiger partial charge in [0.2, 0.25) is 0 Å². The van der Waals surface area contributed by atoms with E-state index in [-0.39, 0.29) is 5.82 Å². The lowest BCUT2D eigenvalue weighted by Gasteiger charge is -2.06. The zero-order valence-electron chi connectivity index (χ0n) is 9.24. The first-order chi connectivity index (χ1) is 8.26. The van der Waals surface area contributed by atoms with Crippen LogP contribution in [-0.4, -0.2) is 10.7 Å². The smallest absolute Gasteiger partial charge is 0.134 e. The molecule has 17 heavy (non-hydrogen) atoms. The lowest BCUT2D eigenvalue weighted by atomic mass is 10.2. The van der Waals surface area contributed by atoms with Gasteiger partial charge >= 0.3 is 0 Å². The highest BCUT2D eigenvalue weighted by atomic mass is 35.5. The van der Waals surface area contributed by atoms with Gasteiger partial charge < -0.3 is 0 Å². The predicted molar refractivity (Wildman–Crippen MR) is 73.5 cm³/mol. The van der Waals surface area contributed by atoms with Gasteiger partial charge in [0.1, 0.15) is 10.8 Å². The molecule has 1 heterocycles. The van der Waals surface area contributed by atoms with Gasteiger partial charge in [0.05, 0.1) is 11.4 Å². The molecule has 1 nitrogen and oxygen atoms in total. The van der Waals surface area contributed by atoms with Crippen molar-refractivity contribution >= 4 is 34.7 Å². The van der Waals surface area contributed by atoms with Crippen molar-refractivity contribution in [3.8, 4) is 10.6 Å². The molecule has 0 aliphatic rings. The molecule has 0 saturated carbocycles. The van der Waals surface area contributed by atoms with E-state index in [1.807, 2.05) is 13.0 Å². The summed E-state index contributed by atoms with van der Waals surface area (Å²) in [6.07, 6.45) is 1.71. The molecule has 0 amide bonds. The second kappa shape index (κ2) is 5.85. The van der Waals surface area contributed by atoms with Gasteiger partial charge in [-0.3, -0.25) is 0 Å². The average Bonchev–Trinajstić information content (AvgIpc) is 2.78. The van der Waals surface area contributed by atoms with Crippen LogP contribution in [0, 0.1) is 5.82 Å². The van der Waals surface area contributed by atoms with Gasteiger partial charge in [-0.1, -0.05) is 13.0 Å². The predicted octanol–water partition coefficient (Wildman–Crippen LogP) is 4.80. The van der Waals surface area contributed by atoms with Crippen molar-refractivity contribution in [1.29, 1.82) is 0 Å². The summed E-state index contributed by atoms with van der Waals surface area (Å²) in [6.45, 7) is 2.05. The zero-order valence-corrected chi connectivity index (χ0v) is 11.6. The van der Waals surface area contributed by atoms with Crippen molar-refractivity contribution in [1.82, 2.24) is 4.98 Å². The SMILES string of the molecule is CCSc1cccc(F)c1-c1ncc(CCl)s1. The van der Waals surface area contributed by atoms with Gasteiger partial charge in [0.15, 0.2) is 0 Å². The molecule has 0 fully saturated rings. The molecule has 0 radical (unpaired) electrons. The largest absolute Gasteiger partial charge is 0.244 e. The number of hydrogen-bond acceptors (Lipinski definition) is 3. The average molecular weight is 288 g/mol. The van der Waals surface area contributed by atoms with Crippen molar-refractivity contribution in [2.45, 2.75) is 17.7 Å². The van der Waals surface area contributed by atoms with Crippen LogP contribution in [0.25, 0.3) is 10.6 Å². The highest BCUT2D eigenvalue weighted by Crippen LogP contribution is 2.36. The molecule has 0 saturated heterocycles. The summed E-state index contributed by atoms with van der Waals surface area (Å²) in [7, 11) is 0. The van der Waals surface area contributed by atoms with Crippen molar-refractivity contribution in [2.75, 3.05) is 5.75 Å². The molecule has 2 aromatic rings. The van der Waals surface area contributed by atoms with E-state index in [0.717, 1.165) is 15.5 Å². The molecule has 0 atom stereocenters. The van der Waals surface area contributed by atoms with Crippen LogP contribution in [0.15, 0.2) is 29.3 Å². The third-order valence-electron chi connectivity index (χ3n) is 2.17. The van der Waals surface area contributed by atoms with Gasteiger partial charge in [-0.15, -0.1) is 34.7 Å². The van der Waals surface area contributed by atoms with Crippen LogP contribution in [-0.2, 0) is 5.88 Å². The van der Waals surface area contributed by atoms with E-state index in [1.54, 1.807) is 24.0 Å². The number of hydrogen-bond donors (Lipinski definition) is 0. The first-order valence-electron chi connectivity index (χ1n) is 5.18. The Labute approximate surface area is 113 Å². The molecule has 0 aliphatic heterocycles. The summed E-state index contributed by atoms with van der Waals surface area (Å²) >= 11 is 8.81. The Morgan fingerprint density at radius 1 is 1.47 bits per heavy atom. The van der Waals surface area contributed by atoms with Gasteiger partial charge in [-0.2, -0.15) is 0 Å². The van der Waals surface area contributed by atoms with E-state index in [0.29, 0.717) is 16.5 Å². The van der Waals surface area contributed by atoms with Crippen LogP contribution in [0.5, 0.6) is 0 Å². The molecular formula is C12H11ClFNS2. The minimum atomic E-state index is -0.223.